The van der Waals surface area contributed by atoms with E-state index >= 15 is 0 Å². The van der Waals surface area contributed by atoms with Crippen LogP contribution in [0.15, 0.2) is 33.9 Å². The van der Waals surface area contributed by atoms with Crippen molar-refractivity contribution in [3.05, 3.63) is 53.1 Å². The molecule has 0 atom stereocenters. The monoisotopic (exact) mass is 366 g/mol. The smallest absolute Gasteiger partial charge is 0.200 e. The molecule has 1 aromatic rings. The van der Waals surface area contributed by atoms with E-state index in [0.29, 0.717) is 5.57 Å². The molecule has 0 aliphatic rings. The zero-order chi connectivity index (χ0) is 18.4. The van der Waals surface area contributed by atoms with E-state index in [9.17, 15) is 22.0 Å². The van der Waals surface area contributed by atoms with Crippen LogP contribution in [0.3, 0.4) is 0 Å². The number of nitrogens with one attached hydrogen (secondary N) is 2. The van der Waals surface area contributed by atoms with Crippen molar-refractivity contribution in [2.75, 3.05) is 14.1 Å². The molecule has 4 nitrogen and oxygen atoms in total. The fourth-order valence-electron chi connectivity index (χ4n) is 1.30. The predicted molar refractivity (Wildman–Crippen MR) is 83.4 cm³/mol. The molecule has 0 fully saturated rings. The number of aliphatic imine (C=N–C) groups is 1. The van der Waals surface area contributed by atoms with Gasteiger partial charge in [0.2, 0.25) is 5.82 Å². The molecule has 10 heteroatoms. The van der Waals surface area contributed by atoms with Gasteiger partial charge in [0, 0.05) is 14.1 Å². The summed E-state index contributed by atoms with van der Waals surface area (Å²) in [5, 5.41) is 0. The van der Waals surface area contributed by atoms with Gasteiger partial charge in [-0.15, -0.1) is 0 Å². The Morgan fingerprint density at radius 3 is 2.00 bits per heavy atom. The molecular formula is C14H15F5N4S. The molecule has 0 saturated carbocycles. The maximum Gasteiger partial charge on any atom is 0.200 e. The topological polar surface area (TPSA) is 39.7 Å². The molecule has 24 heavy (non-hydrogen) atoms. The summed E-state index contributed by atoms with van der Waals surface area (Å²) in [6.45, 7) is 5.21. The summed E-state index contributed by atoms with van der Waals surface area (Å²) in [5.74, 6) is -9.83. The molecule has 0 aliphatic carbocycles. The molecule has 1 rings (SSSR count). The fourth-order valence-corrected chi connectivity index (χ4v) is 1.91. The van der Waals surface area contributed by atoms with Crippen LogP contribution in [0.25, 0.3) is 0 Å². The molecule has 0 bridgehead atoms. The van der Waals surface area contributed by atoms with Crippen molar-refractivity contribution in [3.63, 3.8) is 0 Å². The number of halogens is 5. The second kappa shape index (κ2) is 8.69. The quantitative estimate of drug-likeness (QED) is 0.113. The summed E-state index contributed by atoms with van der Waals surface area (Å²) in [4.78, 5) is 6.91. The number of benzene rings is 1. The van der Waals surface area contributed by atoms with Gasteiger partial charge in [0.1, 0.15) is 10.7 Å². The van der Waals surface area contributed by atoms with Gasteiger partial charge < -0.3 is 4.90 Å². The van der Waals surface area contributed by atoms with Crippen LogP contribution >= 0.6 is 11.9 Å². The average molecular weight is 366 g/mol. The van der Waals surface area contributed by atoms with Crippen molar-refractivity contribution in [2.24, 2.45) is 4.99 Å². The molecule has 0 amide bonds. The van der Waals surface area contributed by atoms with Crippen LogP contribution in [0.5, 0.6) is 0 Å². The van der Waals surface area contributed by atoms with Gasteiger partial charge in [-0.25, -0.2) is 26.9 Å². The summed E-state index contributed by atoms with van der Waals surface area (Å²) in [6, 6.07) is 0. The van der Waals surface area contributed by atoms with E-state index in [2.05, 4.69) is 21.8 Å². The first kappa shape index (κ1) is 20.0. The van der Waals surface area contributed by atoms with Crippen molar-refractivity contribution in [2.45, 2.75) is 11.8 Å². The Kier molecular flexibility index (Phi) is 7.23. The normalized spacial score (nSPS) is 12.3. The number of nitrogens with zero attached hydrogens (tertiary/aromatic N) is 2. The van der Waals surface area contributed by atoms with Crippen molar-refractivity contribution >= 4 is 18.3 Å². The van der Waals surface area contributed by atoms with Crippen LogP contribution < -0.4 is 10.3 Å². The summed E-state index contributed by atoms with van der Waals surface area (Å²) in [6.07, 6.45) is 2.92. The highest BCUT2D eigenvalue weighted by Gasteiger charge is 2.26. The van der Waals surface area contributed by atoms with Crippen LogP contribution in [-0.2, 0) is 0 Å². The van der Waals surface area contributed by atoms with Crippen LogP contribution in [0, 0.1) is 29.1 Å². The standard InChI is InChI=1S/C14H15F5N4S/c1-5-7(2)14(20-6-23(3)4)21-22-24-13-11(18)9(16)8(15)10(17)12(13)19/h5-6,21-22H,1H2,2-4H3/b14-7-,20-6-. The summed E-state index contributed by atoms with van der Waals surface area (Å²) < 4.78 is 66.2. The third kappa shape index (κ3) is 4.71. The Morgan fingerprint density at radius 2 is 1.54 bits per heavy atom. The van der Waals surface area contributed by atoms with Crippen molar-refractivity contribution in [1.29, 1.82) is 0 Å². The Balaban J connectivity index is 2.96. The minimum Gasteiger partial charge on any atom is -0.369 e. The lowest BCUT2D eigenvalue weighted by Crippen LogP contribution is -2.26. The van der Waals surface area contributed by atoms with Crippen LogP contribution in [0.4, 0.5) is 22.0 Å². The molecule has 0 aromatic heterocycles. The molecule has 2 N–H and O–H groups in total. The Morgan fingerprint density at radius 1 is 1.04 bits per heavy atom. The van der Waals surface area contributed by atoms with E-state index in [1.807, 2.05) is 0 Å². The van der Waals surface area contributed by atoms with Gasteiger partial charge >= 0.3 is 0 Å². The highest BCUT2D eigenvalue weighted by atomic mass is 32.2. The van der Waals surface area contributed by atoms with Gasteiger partial charge in [-0.3, -0.25) is 5.43 Å². The van der Waals surface area contributed by atoms with E-state index in [0.717, 1.165) is 0 Å². The zero-order valence-corrected chi connectivity index (χ0v) is 13.9. The lowest BCUT2D eigenvalue weighted by atomic mass is 10.3. The van der Waals surface area contributed by atoms with Gasteiger partial charge in [-0.1, -0.05) is 12.7 Å². The molecule has 0 aliphatic heterocycles. The first-order valence-electron chi connectivity index (χ1n) is 6.43. The highest BCUT2D eigenvalue weighted by molar-refractivity contribution is 7.97. The minimum atomic E-state index is -2.21. The Hall–Kier alpha value is -2.07. The maximum atomic E-state index is 13.5. The number of rotatable bonds is 7. The number of hydrogen-bond acceptors (Lipinski definition) is 4. The van der Waals surface area contributed by atoms with Gasteiger partial charge in [0.25, 0.3) is 0 Å². The minimum absolute atomic E-state index is 0.187. The summed E-state index contributed by atoms with van der Waals surface area (Å²) in [5.41, 5.74) is 3.09. The SMILES string of the molecule is C=C/C(C)=C(/N=C\N(C)C)NNSc1c(F)c(F)c(F)c(F)c1F. The van der Waals surface area contributed by atoms with Crippen LogP contribution in [0.2, 0.25) is 0 Å². The van der Waals surface area contributed by atoms with Gasteiger partial charge in [-0.05, 0) is 24.4 Å². The number of hydrazine groups is 1. The Labute approximate surface area is 140 Å². The van der Waals surface area contributed by atoms with Gasteiger partial charge in [0.15, 0.2) is 23.3 Å². The molecule has 0 heterocycles. The van der Waals surface area contributed by atoms with E-state index in [-0.39, 0.29) is 17.8 Å². The zero-order valence-electron chi connectivity index (χ0n) is 13.1. The van der Waals surface area contributed by atoms with Crippen LogP contribution in [-0.4, -0.2) is 25.3 Å². The third-order valence-electron chi connectivity index (χ3n) is 2.59. The van der Waals surface area contributed by atoms with Crippen LogP contribution in [0.1, 0.15) is 6.92 Å². The summed E-state index contributed by atoms with van der Waals surface area (Å²) >= 11 is 0.187. The van der Waals surface area contributed by atoms with E-state index in [4.69, 9.17) is 0 Å². The molecule has 0 radical (unpaired) electrons. The van der Waals surface area contributed by atoms with Gasteiger partial charge in [-0.2, -0.15) is 4.83 Å². The lowest BCUT2D eigenvalue weighted by molar-refractivity contribution is 0.360. The molecule has 0 unspecified atom stereocenters. The Bertz CT molecular complexity index is 659. The second-order valence-corrected chi connectivity index (χ2v) is 5.49. The summed E-state index contributed by atoms with van der Waals surface area (Å²) in [7, 11) is 3.45. The molecule has 132 valence electrons. The van der Waals surface area contributed by atoms with Crippen molar-refractivity contribution in [3.8, 4) is 0 Å². The van der Waals surface area contributed by atoms with E-state index < -0.39 is 34.0 Å². The largest absolute Gasteiger partial charge is 0.369 e. The average Bonchev–Trinajstić information content (AvgIpc) is 2.56. The lowest BCUT2D eigenvalue weighted by Gasteiger charge is -2.12. The molecule has 1 aromatic carbocycles. The maximum absolute atomic E-state index is 13.5. The van der Waals surface area contributed by atoms with Crippen molar-refractivity contribution in [1.82, 2.24) is 15.2 Å². The van der Waals surface area contributed by atoms with E-state index in [1.165, 1.54) is 12.4 Å². The predicted octanol–water partition coefficient (Wildman–Crippen LogP) is 3.49. The highest BCUT2D eigenvalue weighted by Crippen LogP contribution is 2.29. The molecule has 0 saturated heterocycles. The second-order valence-electron chi connectivity index (χ2n) is 4.67. The first-order chi connectivity index (χ1) is 11.2. The number of allylic oxidation sites excluding steroid dienone is 2. The van der Waals surface area contributed by atoms with Crippen molar-refractivity contribution < 1.29 is 22.0 Å². The third-order valence-corrected chi connectivity index (χ3v) is 3.36. The first-order valence-corrected chi connectivity index (χ1v) is 7.25. The fraction of sp³-hybridized carbons (Fsp3) is 0.214. The number of hydrogen-bond donors (Lipinski definition) is 2. The molecule has 0 spiro atoms. The van der Waals surface area contributed by atoms with E-state index in [1.54, 1.807) is 25.9 Å². The molecular weight excluding hydrogens is 351 g/mol. The van der Waals surface area contributed by atoms with Gasteiger partial charge in [0.05, 0.1) is 6.34 Å².